The maximum absolute atomic E-state index is 12.1. The summed E-state index contributed by atoms with van der Waals surface area (Å²) in [6.07, 6.45) is 0. The number of hydrogen-bond acceptors (Lipinski definition) is 6. The number of esters is 1. The van der Waals surface area contributed by atoms with Crippen molar-refractivity contribution in [1.82, 2.24) is 4.98 Å². The quantitative estimate of drug-likeness (QED) is 0.669. The van der Waals surface area contributed by atoms with Gasteiger partial charge in [0.05, 0.1) is 19.9 Å². The Balaban J connectivity index is 2.12. The van der Waals surface area contributed by atoms with Crippen LogP contribution in [0.2, 0.25) is 0 Å². The fourth-order valence-electron chi connectivity index (χ4n) is 1.80. The lowest BCUT2D eigenvalue weighted by molar-refractivity contribution is 0.0464. The van der Waals surface area contributed by atoms with Crippen molar-refractivity contribution in [2.24, 2.45) is 0 Å². The van der Waals surface area contributed by atoms with E-state index in [4.69, 9.17) is 19.9 Å². The molecule has 0 saturated heterocycles. The third kappa shape index (κ3) is 3.42. The van der Waals surface area contributed by atoms with Gasteiger partial charge in [0.25, 0.3) is 0 Å². The van der Waals surface area contributed by atoms with Crippen molar-refractivity contribution in [2.45, 2.75) is 6.61 Å². The van der Waals surface area contributed by atoms with Gasteiger partial charge in [0.2, 0.25) is 5.88 Å². The van der Waals surface area contributed by atoms with Crippen molar-refractivity contribution in [1.29, 1.82) is 0 Å². The van der Waals surface area contributed by atoms with Crippen LogP contribution in [-0.4, -0.2) is 25.2 Å². The van der Waals surface area contributed by atoms with Gasteiger partial charge in [-0.25, -0.2) is 9.78 Å². The van der Waals surface area contributed by atoms with Gasteiger partial charge >= 0.3 is 5.97 Å². The number of carbonyl (C=O) groups excluding carboxylic acids is 1. The zero-order chi connectivity index (χ0) is 15.2. The van der Waals surface area contributed by atoms with Crippen LogP contribution in [0.3, 0.4) is 0 Å². The summed E-state index contributed by atoms with van der Waals surface area (Å²) in [6, 6.07) is 10.2. The molecule has 2 rings (SSSR count). The van der Waals surface area contributed by atoms with E-state index in [1.165, 1.54) is 14.2 Å². The first-order valence-electron chi connectivity index (χ1n) is 6.25. The monoisotopic (exact) mass is 288 g/mol. The van der Waals surface area contributed by atoms with Gasteiger partial charge in [0.15, 0.2) is 0 Å². The molecule has 0 fully saturated rings. The summed E-state index contributed by atoms with van der Waals surface area (Å²) in [5, 5.41) is 0. The lowest BCUT2D eigenvalue weighted by Crippen LogP contribution is -2.10. The first-order valence-corrected chi connectivity index (χ1v) is 6.25. The van der Waals surface area contributed by atoms with Crippen LogP contribution in [0.25, 0.3) is 0 Å². The highest BCUT2D eigenvalue weighted by Crippen LogP contribution is 2.25. The normalized spacial score (nSPS) is 10.0. The second kappa shape index (κ2) is 6.60. The maximum Gasteiger partial charge on any atom is 0.344 e. The van der Waals surface area contributed by atoms with Gasteiger partial charge in [-0.15, -0.1) is 0 Å². The molecule has 0 aliphatic heterocycles. The summed E-state index contributed by atoms with van der Waals surface area (Å²) in [5.74, 6) is 0.272. The fraction of sp³-hybridized carbons (Fsp3) is 0.200. The van der Waals surface area contributed by atoms with Crippen molar-refractivity contribution in [3.8, 4) is 11.6 Å². The van der Waals surface area contributed by atoms with E-state index in [-0.39, 0.29) is 12.2 Å². The van der Waals surface area contributed by atoms with Gasteiger partial charge < -0.3 is 19.9 Å². The Morgan fingerprint density at radius 3 is 2.62 bits per heavy atom. The highest BCUT2D eigenvalue weighted by atomic mass is 16.5. The molecule has 0 unspecified atom stereocenters. The molecule has 2 N–H and O–H groups in total. The molecule has 0 radical (unpaired) electrons. The van der Waals surface area contributed by atoms with Gasteiger partial charge in [-0.2, -0.15) is 0 Å². The van der Waals surface area contributed by atoms with Gasteiger partial charge in [0, 0.05) is 11.8 Å². The van der Waals surface area contributed by atoms with E-state index in [1.54, 1.807) is 36.4 Å². The summed E-state index contributed by atoms with van der Waals surface area (Å²) in [6.45, 7) is 0.0214. The molecule has 0 spiro atoms. The molecule has 1 aromatic carbocycles. The molecule has 6 heteroatoms. The van der Waals surface area contributed by atoms with Gasteiger partial charge in [-0.05, 0) is 18.2 Å². The molecular formula is C15H16N2O4. The Labute approximate surface area is 122 Å². The number of rotatable bonds is 5. The lowest BCUT2D eigenvalue weighted by Gasteiger charge is -2.11. The Kier molecular flexibility index (Phi) is 4.61. The summed E-state index contributed by atoms with van der Waals surface area (Å²) < 4.78 is 15.3. The van der Waals surface area contributed by atoms with Crippen LogP contribution in [0.15, 0.2) is 36.4 Å². The topological polar surface area (TPSA) is 83.7 Å². The number of hydrogen-bond donors (Lipinski definition) is 1. The highest BCUT2D eigenvalue weighted by molar-refractivity contribution is 5.98. The van der Waals surface area contributed by atoms with E-state index in [0.29, 0.717) is 23.0 Å². The van der Waals surface area contributed by atoms with Crippen molar-refractivity contribution in [2.75, 3.05) is 20.0 Å². The first-order chi connectivity index (χ1) is 10.2. The number of anilines is 1. The van der Waals surface area contributed by atoms with Gasteiger partial charge in [-0.1, -0.05) is 12.1 Å². The Morgan fingerprint density at radius 2 is 1.90 bits per heavy atom. The third-order valence-corrected chi connectivity index (χ3v) is 2.82. The predicted octanol–water partition coefficient (Wildman–Crippen LogP) is 2.04. The van der Waals surface area contributed by atoms with Crippen LogP contribution < -0.4 is 15.2 Å². The van der Waals surface area contributed by atoms with Crippen LogP contribution >= 0.6 is 0 Å². The van der Waals surface area contributed by atoms with Crippen LogP contribution in [-0.2, 0) is 11.3 Å². The van der Waals surface area contributed by atoms with Crippen LogP contribution in [0.4, 0.5) is 5.69 Å². The van der Waals surface area contributed by atoms with Crippen molar-refractivity contribution in [3.05, 3.63) is 47.7 Å². The number of methoxy groups -OCH3 is 2. The number of nitrogens with zero attached hydrogens (tertiary/aromatic N) is 1. The summed E-state index contributed by atoms with van der Waals surface area (Å²) in [7, 11) is 2.99. The van der Waals surface area contributed by atoms with Gasteiger partial charge in [-0.3, -0.25) is 0 Å². The number of aromatic nitrogens is 1. The molecule has 6 nitrogen and oxygen atoms in total. The second-order valence-corrected chi connectivity index (χ2v) is 4.17. The van der Waals surface area contributed by atoms with Crippen LogP contribution in [0.5, 0.6) is 11.6 Å². The molecule has 0 amide bonds. The number of carbonyl (C=O) groups is 1. The molecule has 110 valence electrons. The molecular weight excluding hydrogens is 272 g/mol. The molecule has 0 aliphatic rings. The van der Waals surface area contributed by atoms with E-state index in [0.717, 1.165) is 0 Å². The Morgan fingerprint density at radius 1 is 1.14 bits per heavy atom. The first kappa shape index (κ1) is 14.6. The number of pyridine rings is 1. The van der Waals surface area contributed by atoms with E-state index in [9.17, 15) is 4.79 Å². The molecule has 0 bridgehead atoms. The summed E-state index contributed by atoms with van der Waals surface area (Å²) >= 11 is 0. The number of benzene rings is 1. The minimum absolute atomic E-state index is 0.0214. The standard InChI is InChI=1S/C15H16N2O4/c1-19-12-7-4-6-11(16)14(12)15(18)21-9-10-5-3-8-13(17-10)20-2/h3-8H,9,16H2,1-2H3. The lowest BCUT2D eigenvalue weighted by atomic mass is 10.1. The Bertz CT molecular complexity index is 643. The zero-order valence-electron chi connectivity index (χ0n) is 11.8. The van der Waals surface area contributed by atoms with Crippen LogP contribution in [0, 0.1) is 0 Å². The van der Waals surface area contributed by atoms with Crippen molar-refractivity contribution >= 4 is 11.7 Å². The van der Waals surface area contributed by atoms with Crippen LogP contribution in [0.1, 0.15) is 16.1 Å². The number of ether oxygens (including phenoxy) is 3. The predicted molar refractivity (Wildman–Crippen MR) is 77.3 cm³/mol. The third-order valence-electron chi connectivity index (χ3n) is 2.82. The largest absolute Gasteiger partial charge is 0.496 e. The Hall–Kier alpha value is -2.76. The SMILES string of the molecule is COc1cccc(COC(=O)c2c(N)cccc2OC)n1. The molecule has 21 heavy (non-hydrogen) atoms. The van der Waals surface area contributed by atoms with E-state index in [2.05, 4.69) is 4.98 Å². The molecule has 1 aromatic heterocycles. The molecule has 0 aliphatic carbocycles. The van der Waals surface area contributed by atoms with E-state index < -0.39 is 5.97 Å². The number of nitrogens with two attached hydrogens (primary N) is 1. The van der Waals surface area contributed by atoms with Crippen molar-refractivity contribution < 1.29 is 19.0 Å². The van der Waals surface area contributed by atoms with E-state index >= 15 is 0 Å². The molecule has 2 aromatic rings. The zero-order valence-corrected chi connectivity index (χ0v) is 11.8. The summed E-state index contributed by atoms with van der Waals surface area (Å²) in [5.41, 5.74) is 6.89. The molecule has 0 saturated carbocycles. The number of nitrogen functional groups attached to an aromatic ring is 1. The maximum atomic E-state index is 12.1. The second-order valence-electron chi connectivity index (χ2n) is 4.17. The summed E-state index contributed by atoms with van der Waals surface area (Å²) in [4.78, 5) is 16.3. The smallest absolute Gasteiger partial charge is 0.344 e. The minimum Gasteiger partial charge on any atom is -0.496 e. The average Bonchev–Trinajstić information content (AvgIpc) is 2.52. The molecule has 0 atom stereocenters. The molecule has 1 heterocycles. The van der Waals surface area contributed by atoms with Gasteiger partial charge in [0.1, 0.15) is 17.9 Å². The highest BCUT2D eigenvalue weighted by Gasteiger charge is 2.17. The fourth-order valence-corrected chi connectivity index (χ4v) is 1.80. The minimum atomic E-state index is -0.561. The average molecular weight is 288 g/mol. The van der Waals surface area contributed by atoms with Crippen molar-refractivity contribution in [3.63, 3.8) is 0 Å². The van der Waals surface area contributed by atoms with E-state index in [1.807, 2.05) is 0 Å².